The van der Waals surface area contributed by atoms with E-state index in [1.165, 1.54) is 0 Å². The fourth-order valence-corrected chi connectivity index (χ4v) is 4.52. The second-order valence-electron chi connectivity index (χ2n) is 9.02. The number of carbonyl (C=O) groups excluding carboxylic acids is 3. The quantitative estimate of drug-likeness (QED) is 0.788. The minimum absolute atomic E-state index is 0.00206. The molecule has 1 saturated heterocycles. The number of nitrogens with two attached hydrogens (primary N) is 1. The fourth-order valence-electron chi connectivity index (χ4n) is 4.52. The Bertz CT molecular complexity index is 797. The lowest BCUT2D eigenvalue weighted by atomic mass is 9.91. The fraction of sp³-hybridized carbons (Fsp3) is 0.609. The highest BCUT2D eigenvalue weighted by Gasteiger charge is 2.45. The number of aryl methyl sites for hydroxylation is 1. The smallest absolute Gasteiger partial charge is 0.264 e. The van der Waals surface area contributed by atoms with Crippen LogP contribution in [0.2, 0.25) is 0 Å². The predicted molar refractivity (Wildman–Crippen MR) is 113 cm³/mol. The van der Waals surface area contributed by atoms with Gasteiger partial charge in [0.1, 0.15) is 0 Å². The molecule has 1 heterocycles. The Hall–Kier alpha value is -2.41. The van der Waals surface area contributed by atoms with Crippen LogP contribution in [0, 0.1) is 12.8 Å². The first kappa shape index (κ1) is 20.8. The molecule has 0 bridgehead atoms. The van der Waals surface area contributed by atoms with Crippen LogP contribution >= 0.6 is 0 Å². The van der Waals surface area contributed by atoms with Gasteiger partial charge < -0.3 is 20.9 Å². The van der Waals surface area contributed by atoms with E-state index in [4.69, 9.17) is 5.73 Å². The average Bonchev–Trinajstić information content (AvgIpc) is 3.60. The van der Waals surface area contributed by atoms with E-state index >= 15 is 0 Å². The molecule has 3 aliphatic rings. The molecule has 0 radical (unpaired) electrons. The summed E-state index contributed by atoms with van der Waals surface area (Å²) in [6.07, 6.45) is 4.98. The highest BCUT2D eigenvalue weighted by atomic mass is 16.2. The van der Waals surface area contributed by atoms with E-state index in [9.17, 15) is 14.4 Å². The van der Waals surface area contributed by atoms with Crippen LogP contribution in [0.25, 0.3) is 0 Å². The van der Waals surface area contributed by atoms with Gasteiger partial charge in [0, 0.05) is 36.7 Å². The number of amides is 3. The largest absolute Gasteiger partial charge is 0.350 e. The minimum Gasteiger partial charge on any atom is -0.350 e. The number of hydrogen-bond acceptors (Lipinski definition) is 4. The number of nitrogens with zero attached hydrogens (tertiary/aromatic N) is 2. The molecule has 2 saturated carbocycles. The summed E-state index contributed by atoms with van der Waals surface area (Å²) in [4.78, 5) is 42.9. The third-order valence-electron chi connectivity index (χ3n) is 6.51. The van der Waals surface area contributed by atoms with Crippen LogP contribution in [0.15, 0.2) is 24.3 Å². The summed E-state index contributed by atoms with van der Waals surface area (Å²) in [5, 5.41) is 3.12. The third-order valence-corrected chi connectivity index (χ3v) is 6.51. The zero-order valence-corrected chi connectivity index (χ0v) is 17.7. The van der Waals surface area contributed by atoms with Crippen molar-refractivity contribution in [3.8, 4) is 0 Å². The third kappa shape index (κ3) is 4.51. The molecule has 1 atom stereocenters. The molecule has 2 aliphatic carbocycles. The molecule has 162 valence electrons. The second kappa shape index (κ2) is 8.76. The molecule has 7 heteroatoms. The van der Waals surface area contributed by atoms with Crippen LogP contribution in [-0.2, 0) is 9.59 Å². The number of rotatable bonds is 4. The summed E-state index contributed by atoms with van der Waals surface area (Å²) in [7, 11) is 0. The Balaban J connectivity index is 1.56. The van der Waals surface area contributed by atoms with Gasteiger partial charge in [0.2, 0.25) is 5.91 Å². The molecule has 3 amide bonds. The first-order valence-electron chi connectivity index (χ1n) is 11.2. The molecule has 0 spiro atoms. The van der Waals surface area contributed by atoms with Crippen LogP contribution < -0.4 is 11.1 Å². The molecule has 4 rings (SSSR count). The van der Waals surface area contributed by atoms with Crippen molar-refractivity contribution >= 4 is 17.7 Å². The average molecular weight is 413 g/mol. The molecule has 30 heavy (non-hydrogen) atoms. The standard InChI is InChI=1S/C23H32N4O3/c1-15-3-5-16(6-4-15)22(29)26-13-2-14-27(23(30)17-7-8-17)21(26)20(28)25-19-11-9-18(24)10-12-19/h3-6,17-19,21H,2,7-14,24H2,1H3,(H,25,28). The van der Waals surface area contributed by atoms with E-state index in [-0.39, 0.29) is 35.7 Å². The molecule has 1 aromatic rings. The van der Waals surface area contributed by atoms with Gasteiger partial charge in [0.05, 0.1) is 0 Å². The van der Waals surface area contributed by atoms with Crippen molar-refractivity contribution in [3.63, 3.8) is 0 Å². The van der Waals surface area contributed by atoms with Gasteiger partial charge in [0.25, 0.3) is 11.8 Å². The van der Waals surface area contributed by atoms with Crippen molar-refractivity contribution in [1.29, 1.82) is 0 Å². The van der Waals surface area contributed by atoms with Gasteiger partial charge in [-0.2, -0.15) is 0 Å². The SMILES string of the molecule is Cc1ccc(C(=O)N2CCCN(C(=O)C3CC3)C2C(=O)NC2CCC(N)CC2)cc1. The van der Waals surface area contributed by atoms with Gasteiger partial charge >= 0.3 is 0 Å². The van der Waals surface area contributed by atoms with Gasteiger partial charge in [-0.15, -0.1) is 0 Å². The number of benzene rings is 1. The van der Waals surface area contributed by atoms with E-state index < -0.39 is 6.17 Å². The van der Waals surface area contributed by atoms with E-state index in [1.807, 2.05) is 19.1 Å². The zero-order chi connectivity index (χ0) is 21.3. The van der Waals surface area contributed by atoms with E-state index in [0.717, 1.165) is 44.1 Å². The van der Waals surface area contributed by atoms with E-state index in [1.54, 1.807) is 21.9 Å². The van der Waals surface area contributed by atoms with Crippen molar-refractivity contribution < 1.29 is 14.4 Å². The monoisotopic (exact) mass is 412 g/mol. The van der Waals surface area contributed by atoms with Crippen molar-refractivity contribution in [2.24, 2.45) is 11.7 Å². The van der Waals surface area contributed by atoms with Gasteiger partial charge in [0.15, 0.2) is 6.17 Å². The van der Waals surface area contributed by atoms with Crippen LogP contribution in [-0.4, -0.2) is 58.9 Å². The Labute approximate surface area is 178 Å². The normalized spacial score (nSPS) is 26.9. The maximum Gasteiger partial charge on any atom is 0.264 e. The minimum atomic E-state index is -0.878. The topological polar surface area (TPSA) is 95.7 Å². The van der Waals surface area contributed by atoms with Crippen molar-refractivity contribution in [1.82, 2.24) is 15.1 Å². The van der Waals surface area contributed by atoms with Gasteiger partial charge in [-0.3, -0.25) is 14.4 Å². The highest BCUT2D eigenvalue weighted by Crippen LogP contribution is 2.33. The summed E-state index contributed by atoms with van der Waals surface area (Å²) in [5.74, 6) is -0.441. The van der Waals surface area contributed by atoms with Crippen molar-refractivity contribution in [3.05, 3.63) is 35.4 Å². The van der Waals surface area contributed by atoms with E-state index in [2.05, 4.69) is 5.32 Å². The Morgan fingerprint density at radius 1 is 0.933 bits per heavy atom. The molecular formula is C23H32N4O3. The second-order valence-corrected chi connectivity index (χ2v) is 9.02. The van der Waals surface area contributed by atoms with Crippen LogP contribution in [0.1, 0.15) is 60.9 Å². The lowest BCUT2D eigenvalue weighted by Gasteiger charge is -2.43. The number of carbonyl (C=O) groups is 3. The summed E-state index contributed by atoms with van der Waals surface area (Å²) in [6, 6.07) is 7.61. The van der Waals surface area contributed by atoms with Gasteiger partial charge in [-0.25, -0.2) is 0 Å². The molecule has 3 fully saturated rings. The van der Waals surface area contributed by atoms with Crippen LogP contribution in [0.5, 0.6) is 0 Å². The molecular weight excluding hydrogens is 380 g/mol. The maximum atomic E-state index is 13.4. The first-order chi connectivity index (χ1) is 14.4. The number of nitrogens with one attached hydrogen (secondary N) is 1. The highest BCUT2D eigenvalue weighted by molar-refractivity contribution is 5.99. The molecule has 3 N–H and O–H groups in total. The van der Waals surface area contributed by atoms with Crippen LogP contribution in [0.4, 0.5) is 0 Å². The van der Waals surface area contributed by atoms with Crippen molar-refractivity contribution in [2.75, 3.05) is 13.1 Å². The van der Waals surface area contributed by atoms with Crippen LogP contribution in [0.3, 0.4) is 0 Å². The summed E-state index contributed by atoms with van der Waals surface area (Å²) in [5.41, 5.74) is 7.61. The molecule has 1 unspecified atom stereocenters. The number of hydrogen-bond donors (Lipinski definition) is 2. The first-order valence-corrected chi connectivity index (χ1v) is 11.2. The predicted octanol–water partition coefficient (Wildman–Crippen LogP) is 1.79. The molecule has 0 aromatic heterocycles. The zero-order valence-electron chi connectivity index (χ0n) is 17.7. The Kier molecular flexibility index (Phi) is 6.09. The van der Waals surface area contributed by atoms with Gasteiger partial charge in [-0.05, 0) is 64.0 Å². The lowest BCUT2D eigenvalue weighted by molar-refractivity contribution is -0.150. The molecule has 1 aromatic carbocycles. The Morgan fingerprint density at radius 2 is 1.57 bits per heavy atom. The van der Waals surface area contributed by atoms with E-state index in [0.29, 0.717) is 25.1 Å². The molecule has 7 nitrogen and oxygen atoms in total. The maximum absolute atomic E-state index is 13.4. The summed E-state index contributed by atoms with van der Waals surface area (Å²) in [6.45, 7) is 2.95. The summed E-state index contributed by atoms with van der Waals surface area (Å²) < 4.78 is 0. The summed E-state index contributed by atoms with van der Waals surface area (Å²) >= 11 is 0. The van der Waals surface area contributed by atoms with Crippen molar-refractivity contribution in [2.45, 2.75) is 70.1 Å². The molecule has 1 aliphatic heterocycles. The lowest BCUT2D eigenvalue weighted by Crippen LogP contribution is -2.64. The Morgan fingerprint density at radius 3 is 2.20 bits per heavy atom. The van der Waals surface area contributed by atoms with Gasteiger partial charge in [-0.1, -0.05) is 17.7 Å².